The van der Waals surface area contributed by atoms with Crippen LogP contribution in [0.15, 0.2) is 0 Å². The van der Waals surface area contributed by atoms with Crippen molar-refractivity contribution in [3.8, 4) is 0 Å². The Labute approximate surface area is 151 Å². The summed E-state index contributed by atoms with van der Waals surface area (Å²) in [6.07, 6.45) is 6.85. The van der Waals surface area contributed by atoms with E-state index in [-0.39, 0.29) is 23.8 Å². The van der Waals surface area contributed by atoms with E-state index in [4.69, 9.17) is 20.9 Å². The SMILES string of the molecule is CCC(OC(=O)C1CCC(CN)CC1)OC(=O)C1CCC(CN)CC1. The van der Waals surface area contributed by atoms with Gasteiger partial charge in [-0.1, -0.05) is 6.92 Å². The van der Waals surface area contributed by atoms with Gasteiger partial charge >= 0.3 is 11.9 Å². The Morgan fingerprint density at radius 1 is 0.800 bits per heavy atom. The van der Waals surface area contributed by atoms with Crippen LogP contribution in [-0.2, 0) is 19.1 Å². The summed E-state index contributed by atoms with van der Waals surface area (Å²) in [5.74, 6) is 0.398. The molecule has 2 saturated carbocycles. The molecule has 0 aliphatic heterocycles. The minimum absolute atomic E-state index is 0.0875. The number of esters is 2. The topological polar surface area (TPSA) is 105 Å². The van der Waals surface area contributed by atoms with E-state index in [9.17, 15) is 9.59 Å². The summed E-state index contributed by atoms with van der Waals surface area (Å²) in [5.41, 5.74) is 11.4. The molecule has 2 rings (SSSR count). The molecule has 0 heterocycles. The fourth-order valence-electron chi connectivity index (χ4n) is 3.91. The molecule has 2 fully saturated rings. The summed E-state index contributed by atoms with van der Waals surface area (Å²) in [7, 11) is 0. The number of carbonyl (C=O) groups excluding carboxylic acids is 2. The summed E-state index contributed by atoms with van der Waals surface area (Å²) < 4.78 is 11.0. The smallest absolute Gasteiger partial charge is 0.312 e. The molecule has 0 bridgehead atoms. The van der Waals surface area contributed by atoms with Gasteiger partial charge in [0.05, 0.1) is 11.8 Å². The Hall–Kier alpha value is -1.14. The van der Waals surface area contributed by atoms with Crippen LogP contribution in [0.2, 0.25) is 0 Å². The van der Waals surface area contributed by atoms with E-state index in [0.29, 0.717) is 31.3 Å². The zero-order valence-electron chi connectivity index (χ0n) is 15.5. The third-order valence-corrected chi connectivity index (χ3v) is 5.86. The first kappa shape index (κ1) is 20.2. The number of ether oxygens (including phenoxy) is 2. The van der Waals surface area contributed by atoms with E-state index in [1.54, 1.807) is 0 Å². The first-order valence-electron chi connectivity index (χ1n) is 9.88. The third kappa shape index (κ3) is 5.96. The van der Waals surface area contributed by atoms with Gasteiger partial charge in [0.15, 0.2) is 0 Å². The van der Waals surface area contributed by atoms with Crippen LogP contribution in [0, 0.1) is 23.7 Å². The molecule has 0 aromatic heterocycles. The van der Waals surface area contributed by atoms with Gasteiger partial charge in [0.25, 0.3) is 0 Å². The second-order valence-corrected chi connectivity index (χ2v) is 7.62. The monoisotopic (exact) mass is 354 g/mol. The molecule has 0 aromatic rings. The first-order valence-corrected chi connectivity index (χ1v) is 9.88. The predicted octanol–water partition coefficient (Wildman–Crippen LogP) is 2.34. The molecular weight excluding hydrogens is 320 g/mol. The molecule has 0 aromatic carbocycles. The minimum Gasteiger partial charge on any atom is -0.425 e. The highest BCUT2D eigenvalue weighted by molar-refractivity contribution is 5.74. The maximum Gasteiger partial charge on any atom is 0.312 e. The molecule has 0 unspecified atom stereocenters. The van der Waals surface area contributed by atoms with Crippen molar-refractivity contribution in [1.82, 2.24) is 0 Å². The number of nitrogens with two attached hydrogens (primary N) is 2. The van der Waals surface area contributed by atoms with Crippen LogP contribution in [0.5, 0.6) is 0 Å². The molecule has 0 radical (unpaired) electrons. The Morgan fingerprint density at radius 2 is 1.16 bits per heavy atom. The average molecular weight is 354 g/mol. The van der Waals surface area contributed by atoms with Gasteiger partial charge in [-0.2, -0.15) is 0 Å². The molecule has 0 spiro atoms. The molecule has 2 aliphatic rings. The summed E-state index contributed by atoms with van der Waals surface area (Å²) in [6.45, 7) is 3.23. The Balaban J connectivity index is 1.76. The summed E-state index contributed by atoms with van der Waals surface area (Å²) in [5, 5.41) is 0. The van der Waals surface area contributed by atoms with Crippen molar-refractivity contribution in [2.75, 3.05) is 13.1 Å². The average Bonchev–Trinajstić information content (AvgIpc) is 2.67. The van der Waals surface area contributed by atoms with E-state index in [0.717, 1.165) is 51.4 Å². The van der Waals surface area contributed by atoms with Gasteiger partial charge in [-0.15, -0.1) is 0 Å². The molecular formula is C19H34N2O4. The van der Waals surface area contributed by atoms with Crippen LogP contribution < -0.4 is 11.5 Å². The van der Waals surface area contributed by atoms with Gasteiger partial charge in [0.2, 0.25) is 6.29 Å². The lowest BCUT2D eigenvalue weighted by molar-refractivity contribution is -0.195. The first-order chi connectivity index (χ1) is 12.1. The second kappa shape index (κ2) is 10.1. The predicted molar refractivity (Wildman–Crippen MR) is 95.3 cm³/mol. The second-order valence-electron chi connectivity index (χ2n) is 7.62. The van der Waals surface area contributed by atoms with E-state index in [2.05, 4.69) is 0 Å². The van der Waals surface area contributed by atoms with Crippen molar-refractivity contribution in [2.24, 2.45) is 35.1 Å². The fourth-order valence-corrected chi connectivity index (χ4v) is 3.91. The molecule has 2 aliphatic carbocycles. The molecule has 25 heavy (non-hydrogen) atoms. The van der Waals surface area contributed by atoms with Crippen molar-refractivity contribution < 1.29 is 19.1 Å². The van der Waals surface area contributed by atoms with Crippen LogP contribution in [0.1, 0.15) is 64.7 Å². The standard InChI is InChI=1S/C19H34N2O4/c1-2-17(24-18(22)15-7-3-13(11-20)4-8-15)25-19(23)16-9-5-14(12-21)6-10-16/h13-17H,2-12,20-21H2,1H3. The summed E-state index contributed by atoms with van der Waals surface area (Å²) >= 11 is 0. The Bertz CT molecular complexity index is 389. The van der Waals surface area contributed by atoms with Gasteiger partial charge in [0, 0.05) is 6.42 Å². The summed E-state index contributed by atoms with van der Waals surface area (Å²) in [6, 6.07) is 0. The molecule has 6 nitrogen and oxygen atoms in total. The van der Waals surface area contributed by atoms with Crippen molar-refractivity contribution >= 4 is 11.9 Å². The lowest BCUT2D eigenvalue weighted by atomic mass is 9.82. The Morgan fingerprint density at radius 3 is 1.44 bits per heavy atom. The quantitative estimate of drug-likeness (QED) is 0.537. The van der Waals surface area contributed by atoms with Crippen LogP contribution in [0.3, 0.4) is 0 Å². The molecule has 144 valence electrons. The van der Waals surface area contributed by atoms with Crippen molar-refractivity contribution in [3.05, 3.63) is 0 Å². The van der Waals surface area contributed by atoms with Gasteiger partial charge in [0.1, 0.15) is 0 Å². The van der Waals surface area contributed by atoms with E-state index in [1.807, 2.05) is 6.92 Å². The van der Waals surface area contributed by atoms with E-state index < -0.39 is 6.29 Å². The summed E-state index contributed by atoms with van der Waals surface area (Å²) in [4.78, 5) is 24.7. The van der Waals surface area contributed by atoms with E-state index in [1.165, 1.54) is 0 Å². The normalized spacial score (nSPS) is 31.2. The highest BCUT2D eigenvalue weighted by Gasteiger charge is 2.31. The maximum absolute atomic E-state index is 12.3. The van der Waals surface area contributed by atoms with Crippen LogP contribution in [0.4, 0.5) is 0 Å². The Kier molecular flexibility index (Phi) is 8.16. The van der Waals surface area contributed by atoms with Crippen molar-refractivity contribution in [2.45, 2.75) is 71.0 Å². The van der Waals surface area contributed by atoms with E-state index >= 15 is 0 Å². The zero-order chi connectivity index (χ0) is 18.2. The lowest BCUT2D eigenvalue weighted by Gasteiger charge is -2.29. The van der Waals surface area contributed by atoms with Crippen LogP contribution in [-0.4, -0.2) is 31.3 Å². The highest BCUT2D eigenvalue weighted by atomic mass is 16.7. The number of hydrogen-bond donors (Lipinski definition) is 2. The zero-order valence-corrected chi connectivity index (χ0v) is 15.5. The number of carbonyl (C=O) groups is 2. The largest absolute Gasteiger partial charge is 0.425 e. The number of hydrogen-bond acceptors (Lipinski definition) is 6. The molecule has 0 amide bonds. The van der Waals surface area contributed by atoms with Crippen LogP contribution in [0.25, 0.3) is 0 Å². The molecule has 0 saturated heterocycles. The molecule has 6 heteroatoms. The lowest BCUT2D eigenvalue weighted by Crippen LogP contribution is -2.33. The highest BCUT2D eigenvalue weighted by Crippen LogP contribution is 2.31. The fraction of sp³-hybridized carbons (Fsp3) is 0.895. The molecule has 0 atom stereocenters. The van der Waals surface area contributed by atoms with Gasteiger partial charge in [-0.05, 0) is 76.3 Å². The third-order valence-electron chi connectivity index (χ3n) is 5.86. The number of rotatable bonds is 7. The molecule has 4 N–H and O–H groups in total. The van der Waals surface area contributed by atoms with Gasteiger partial charge in [-0.25, -0.2) is 0 Å². The van der Waals surface area contributed by atoms with Gasteiger partial charge in [-0.3, -0.25) is 9.59 Å². The van der Waals surface area contributed by atoms with Crippen molar-refractivity contribution in [1.29, 1.82) is 0 Å². The minimum atomic E-state index is -0.764. The van der Waals surface area contributed by atoms with Gasteiger partial charge < -0.3 is 20.9 Å². The maximum atomic E-state index is 12.3. The van der Waals surface area contributed by atoms with Crippen molar-refractivity contribution in [3.63, 3.8) is 0 Å². The van der Waals surface area contributed by atoms with Crippen LogP contribution >= 0.6 is 0 Å².